The van der Waals surface area contributed by atoms with E-state index in [9.17, 15) is 4.79 Å². The lowest BCUT2D eigenvalue weighted by molar-refractivity contribution is -0.124. The molecule has 2 atom stereocenters. The number of aryl methyl sites for hydroxylation is 1. The summed E-state index contributed by atoms with van der Waals surface area (Å²) in [5.41, 5.74) is 9.51. The highest BCUT2D eigenvalue weighted by Gasteiger charge is 2.21. The van der Waals surface area contributed by atoms with Gasteiger partial charge in [-0.3, -0.25) is 4.79 Å². The van der Waals surface area contributed by atoms with Crippen LogP contribution in [0.5, 0.6) is 0 Å². The number of nitrogens with two attached hydrogens (primary N) is 1. The lowest BCUT2D eigenvalue weighted by Gasteiger charge is -2.23. The Morgan fingerprint density at radius 1 is 1.04 bits per heavy atom. The minimum atomic E-state index is -0.487. The van der Waals surface area contributed by atoms with Gasteiger partial charge >= 0.3 is 0 Å². The molecule has 0 unspecified atom stereocenters. The smallest absolute Gasteiger partial charge is 0.237 e. The fourth-order valence-electron chi connectivity index (χ4n) is 2.47. The highest BCUT2D eigenvalue weighted by molar-refractivity contribution is 5.82. The van der Waals surface area contributed by atoms with Crippen molar-refractivity contribution in [3.63, 3.8) is 0 Å². The maximum absolute atomic E-state index is 12.4. The molecule has 0 saturated heterocycles. The van der Waals surface area contributed by atoms with E-state index in [1.54, 1.807) is 0 Å². The second kappa shape index (κ2) is 7.93. The van der Waals surface area contributed by atoms with E-state index in [-0.39, 0.29) is 17.9 Å². The van der Waals surface area contributed by atoms with Crippen LogP contribution < -0.4 is 11.1 Å². The lowest BCUT2D eigenvalue weighted by atomic mass is 9.97. The van der Waals surface area contributed by atoms with E-state index in [1.165, 1.54) is 11.1 Å². The fraction of sp³-hybridized carbons (Fsp3) is 0.350. The number of carbonyl (C=O) groups excluding carboxylic acids is 1. The highest BCUT2D eigenvalue weighted by atomic mass is 16.2. The molecular formula is C20H26N2O. The van der Waals surface area contributed by atoms with Gasteiger partial charge in [-0.1, -0.05) is 74.0 Å². The molecule has 0 bridgehead atoms. The average molecular weight is 310 g/mol. The Hall–Kier alpha value is -2.13. The molecule has 0 aliphatic heterocycles. The van der Waals surface area contributed by atoms with Crippen molar-refractivity contribution in [1.29, 1.82) is 0 Å². The number of rotatable bonds is 6. The van der Waals surface area contributed by atoms with E-state index in [1.807, 2.05) is 44.2 Å². The molecule has 0 spiro atoms. The molecule has 2 aromatic rings. The third-order valence-electron chi connectivity index (χ3n) is 4.10. The van der Waals surface area contributed by atoms with Gasteiger partial charge in [0.1, 0.15) is 0 Å². The van der Waals surface area contributed by atoms with E-state index in [4.69, 9.17) is 5.73 Å². The Morgan fingerprint density at radius 3 is 2.22 bits per heavy atom. The van der Waals surface area contributed by atoms with Crippen molar-refractivity contribution in [1.82, 2.24) is 5.32 Å². The van der Waals surface area contributed by atoms with Crippen molar-refractivity contribution in [2.75, 3.05) is 0 Å². The van der Waals surface area contributed by atoms with E-state index in [2.05, 4.69) is 36.5 Å². The van der Waals surface area contributed by atoms with Gasteiger partial charge in [-0.15, -0.1) is 0 Å². The first-order valence-corrected chi connectivity index (χ1v) is 8.14. The number of hydrogen-bond donors (Lipinski definition) is 2. The van der Waals surface area contributed by atoms with Gasteiger partial charge < -0.3 is 11.1 Å². The van der Waals surface area contributed by atoms with Gasteiger partial charge in [0.2, 0.25) is 5.91 Å². The molecule has 0 fully saturated rings. The maximum Gasteiger partial charge on any atom is 0.237 e. The first kappa shape index (κ1) is 17.2. The van der Waals surface area contributed by atoms with Crippen LogP contribution in [0, 0.1) is 12.8 Å². The van der Waals surface area contributed by atoms with Gasteiger partial charge in [0.15, 0.2) is 0 Å². The second-order valence-electron chi connectivity index (χ2n) is 6.43. The molecule has 0 aliphatic rings. The summed E-state index contributed by atoms with van der Waals surface area (Å²) in [5.74, 6) is 0.0202. The zero-order chi connectivity index (χ0) is 16.8. The van der Waals surface area contributed by atoms with Crippen LogP contribution in [-0.4, -0.2) is 11.9 Å². The van der Waals surface area contributed by atoms with Crippen LogP contribution in [0.1, 0.15) is 36.6 Å². The van der Waals surface area contributed by atoms with Gasteiger partial charge in [0, 0.05) is 0 Å². The molecule has 0 aliphatic carbocycles. The Kier molecular flexibility index (Phi) is 5.94. The summed E-state index contributed by atoms with van der Waals surface area (Å²) < 4.78 is 0. The van der Waals surface area contributed by atoms with E-state index < -0.39 is 6.04 Å². The van der Waals surface area contributed by atoms with Crippen LogP contribution in [0.4, 0.5) is 0 Å². The number of hydrogen-bond acceptors (Lipinski definition) is 2. The Bertz CT molecular complexity index is 620. The lowest BCUT2D eigenvalue weighted by Crippen LogP contribution is -2.45. The summed E-state index contributed by atoms with van der Waals surface area (Å²) in [6.45, 7) is 5.99. The molecule has 0 radical (unpaired) electrons. The summed E-state index contributed by atoms with van der Waals surface area (Å²) in [4.78, 5) is 12.4. The Labute approximate surface area is 138 Å². The van der Waals surface area contributed by atoms with Crippen molar-refractivity contribution in [2.45, 2.75) is 39.3 Å². The highest BCUT2D eigenvalue weighted by Crippen LogP contribution is 2.19. The molecule has 122 valence electrons. The Morgan fingerprint density at radius 2 is 1.65 bits per heavy atom. The summed E-state index contributed by atoms with van der Waals surface area (Å²) in [6, 6.07) is 17.9. The van der Waals surface area contributed by atoms with Crippen LogP contribution in [0.25, 0.3) is 0 Å². The van der Waals surface area contributed by atoms with Gasteiger partial charge in [-0.25, -0.2) is 0 Å². The molecule has 3 nitrogen and oxygen atoms in total. The van der Waals surface area contributed by atoms with Crippen LogP contribution in [-0.2, 0) is 11.2 Å². The molecule has 0 aromatic heterocycles. The fourth-order valence-corrected chi connectivity index (χ4v) is 2.47. The first-order chi connectivity index (χ1) is 11.0. The molecular weight excluding hydrogens is 284 g/mol. The minimum Gasteiger partial charge on any atom is -0.348 e. The number of carbonyl (C=O) groups is 1. The van der Waals surface area contributed by atoms with E-state index in [0.29, 0.717) is 0 Å². The van der Waals surface area contributed by atoms with Gasteiger partial charge in [0.05, 0.1) is 12.1 Å². The molecule has 23 heavy (non-hydrogen) atoms. The molecule has 0 heterocycles. The second-order valence-corrected chi connectivity index (χ2v) is 6.43. The van der Waals surface area contributed by atoms with Crippen molar-refractivity contribution in [2.24, 2.45) is 11.7 Å². The zero-order valence-electron chi connectivity index (χ0n) is 14.1. The number of nitrogens with one attached hydrogen (secondary N) is 1. The van der Waals surface area contributed by atoms with Crippen LogP contribution in [0.15, 0.2) is 54.6 Å². The summed E-state index contributed by atoms with van der Waals surface area (Å²) in [5, 5.41) is 3.11. The quantitative estimate of drug-likeness (QED) is 0.859. The van der Waals surface area contributed by atoms with Crippen LogP contribution in [0.2, 0.25) is 0 Å². The summed E-state index contributed by atoms with van der Waals surface area (Å²) in [7, 11) is 0. The summed E-state index contributed by atoms with van der Waals surface area (Å²) in [6.07, 6.45) is 0.751. The normalized spacial score (nSPS) is 13.6. The monoisotopic (exact) mass is 310 g/mol. The number of amides is 1. The van der Waals surface area contributed by atoms with E-state index in [0.717, 1.165) is 12.0 Å². The molecule has 1 amide bonds. The average Bonchev–Trinajstić information content (AvgIpc) is 2.56. The van der Waals surface area contributed by atoms with Gasteiger partial charge in [-0.05, 0) is 30.4 Å². The van der Waals surface area contributed by atoms with Crippen molar-refractivity contribution in [3.05, 3.63) is 71.3 Å². The molecule has 2 rings (SSSR count). The van der Waals surface area contributed by atoms with Gasteiger partial charge in [-0.2, -0.15) is 0 Å². The third-order valence-corrected chi connectivity index (χ3v) is 4.10. The predicted octanol–water partition coefficient (Wildman–Crippen LogP) is 3.38. The molecule has 3 N–H and O–H groups in total. The Balaban J connectivity index is 2.18. The standard InChI is InChI=1S/C20H26N2O/c1-14(2)19(21)20(23)22-18(17-7-5-4-6-8-17)13-16-11-9-15(3)10-12-16/h4-12,14,18-19H,13,21H2,1-3H3,(H,22,23)/t18-,19+/m1/s1. The van der Waals surface area contributed by atoms with Crippen molar-refractivity contribution in [3.8, 4) is 0 Å². The third kappa shape index (κ3) is 4.93. The van der Waals surface area contributed by atoms with Crippen LogP contribution >= 0.6 is 0 Å². The maximum atomic E-state index is 12.4. The molecule has 0 saturated carbocycles. The molecule has 3 heteroatoms. The van der Waals surface area contributed by atoms with E-state index >= 15 is 0 Å². The topological polar surface area (TPSA) is 55.1 Å². The van der Waals surface area contributed by atoms with Crippen molar-refractivity contribution < 1.29 is 4.79 Å². The van der Waals surface area contributed by atoms with Crippen molar-refractivity contribution >= 4 is 5.91 Å². The molecule has 2 aromatic carbocycles. The largest absolute Gasteiger partial charge is 0.348 e. The summed E-state index contributed by atoms with van der Waals surface area (Å²) >= 11 is 0. The number of benzene rings is 2. The van der Waals surface area contributed by atoms with Crippen LogP contribution in [0.3, 0.4) is 0 Å². The van der Waals surface area contributed by atoms with Gasteiger partial charge in [0.25, 0.3) is 0 Å². The predicted molar refractivity (Wildman–Crippen MR) is 95.0 cm³/mol. The zero-order valence-corrected chi connectivity index (χ0v) is 14.1. The SMILES string of the molecule is Cc1ccc(C[C@@H](NC(=O)[C@@H](N)C(C)C)c2ccccc2)cc1. The minimum absolute atomic E-state index is 0.0730. The first-order valence-electron chi connectivity index (χ1n) is 8.14.